The molecular formula is C15H16N4. The minimum absolute atomic E-state index is 0.541. The van der Waals surface area contributed by atoms with E-state index in [1.807, 2.05) is 44.3 Å². The fraction of sp³-hybridized carbons (Fsp3) is 0.200. The molecule has 0 aliphatic carbocycles. The number of rotatable bonds is 2. The Kier molecular flexibility index (Phi) is 2.80. The molecule has 2 N–H and O–H groups in total. The lowest BCUT2D eigenvalue weighted by atomic mass is 10.2. The quantitative estimate of drug-likeness (QED) is 0.762. The number of benzene rings is 1. The molecule has 19 heavy (non-hydrogen) atoms. The molecule has 0 radical (unpaired) electrons. The van der Waals surface area contributed by atoms with Crippen LogP contribution in [-0.4, -0.2) is 14.5 Å². The van der Waals surface area contributed by atoms with Gasteiger partial charge in [-0.25, -0.2) is 9.97 Å². The molecule has 2 heterocycles. The second-order valence-corrected chi connectivity index (χ2v) is 4.69. The highest BCUT2D eigenvalue weighted by Gasteiger charge is 2.11. The second kappa shape index (κ2) is 4.48. The number of aryl methyl sites for hydroxylation is 2. The lowest BCUT2D eigenvalue weighted by molar-refractivity contribution is 0.945. The van der Waals surface area contributed by atoms with Gasteiger partial charge in [0, 0.05) is 19.3 Å². The molecule has 0 fully saturated rings. The first kappa shape index (κ1) is 11.9. The zero-order valence-electron chi connectivity index (χ0n) is 11.1. The van der Waals surface area contributed by atoms with Crippen LogP contribution in [0, 0.1) is 6.92 Å². The monoisotopic (exact) mass is 252 g/mol. The first-order valence-electron chi connectivity index (χ1n) is 6.28. The normalized spacial score (nSPS) is 11.1. The maximum atomic E-state index is 5.69. The van der Waals surface area contributed by atoms with E-state index in [4.69, 9.17) is 5.73 Å². The molecule has 0 saturated carbocycles. The summed E-state index contributed by atoms with van der Waals surface area (Å²) in [4.78, 5) is 9.19. The zero-order chi connectivity index (χ0) is 13.4. The lowest BCUT2D eigenvalue weighted by Gasteiger charge is -2.03. The molecule has 3 rings (SSSR count). The summed E-state index contributed by atoms with van der Waals surface area (Å²) in [6.07, 6.45) is 0. The molecule has 4 nitrogen and oxygen atoms in total. The summed E-state index contributed by atoms with van der Waals surface area (Å²) < 4.78 is 2.07. The molecule has 0 unspecified atom stereocenters. The van der Waals surface area contributed by atoms with Crippen LogP contribution in [0.3, 0.4) is 0 Å². The van der Waals surface area contributed by atoms with Gasteiger partial charge in [-0.05, 0) is 36.8 Å². The fourth-order valence-electron chi connectivity index (χ4n) is 2.26. The summed E-state index contributed by atoms with van der Waals surface area (Å²) in [6.45, 7) is 2.53. The third-order valence-corrected chi connectivity index (χ3v) is 3.30. The van der Waals surface area contributed by atoms with Gasteiger partial charge in [0.05, 0.1) is 11.0 Å². The van der Waals surface area contributed by atoms with E-state index < -0.39 is 0 Å². The second-order valence-electron chi connectivity index (χ2n) is 4.69. The van der Waals surface area contributed by atoms with Crippen molar-refractivity contribution in [3.63, 3.8) is 0 Å². The standard InChI is InChI=1S/C15H16N4/c1-10-4-3-5-13(17-10)15-18-12-7-6-11(9-16)8-14(12)19(15)2/h3-8H,9,16H2,1-2H3. The van der Waals surface area contributed by atoms with E-state index in [0.29, 0.717) is 6.54 Å². The Bertz CT molecular complexity index is 743. The first-order chi connectivity index (χ1) is 9.19. The molecule has 2 aromatic heterocycles. The van der Waals surface area contributed by atoms with Gasteiger partial charge in [0.1, 0.15) is 5.69 Å². The molecule has 96 valence electrons. The molecule has 0 aliphatic rings. The number of nitrogens with zero attached hydrogens (tertiary/aromatic N) is 3. The van der Waals surface area contributed by atoms with Gasteiger partial charge < -0.3 is 10.3 Å². The third-order valence-electron chi connectivity index (χ3n) is 3.30. The van der Waals surface area contributed by atoms with Crippen LogP contribution in [0.15, 0.2) is 36.4 Å². The van der Waals surface area contributed by atoms with Crippen LogP contribution in [0.5, 0.6) is 0 Å². The van der Waals surface area contributed by atoms with E-state index in [2.05, 4.69) is 20.6 Å². The van der Waals surface area contributed by atoms with Crippen molar-refractivity contribution in [1.29, 1.82) is 0 Å². The highest BCUT2D eigenvalue weighted by atomic mass is 15.1. The zero-order valence-corrected chi connectivity index (χ0v) is 11.1. The minimum Gasteiger partial charge on any atom is -0.326 e. The van der Waals surface area contributed by atoms with Crippen LogP contribution in [0.2, 0.25) is 0 Å². The molecule has 0 spiro atoms. The topological polar surface area (TPSA) is 56.7 Å². The van der Waals surface area contributed by atoms with Gasteiger partial charge in [-0.15, -0.1) is 0 Å². The van der Waals surface area contributed by atoms with E-state index in [0.717, 1.165) is 33.8 Å². The Labute approximate surface area is 111 Å². The molecule has 0 bridgehead atoms. The largest absolute Gasteiger partial charge is 0.326 e. The maximum absolute atomic E-state index is 5.69. The molecule has 0 aliphatic heterocycles. The molecule has 3 aromatic rings. The number of fused-ring (bicyclic) bond motifs is 1. The SMILES string of the molecule is Cc1cccc(-c2nc3ccc(CN)cc3n2C)n1. The van der Waals surface area contributed by atoms with Crippen molar-refractivity contribution in [2.45, 2.75) is 13.5 Å². The molecule has 0 saturated heterocycles. The number of pyridine rings is 1. The van der Waals surface area contributed by atoms with Crippen molar-refractivity contribution in [3.8, 4) is 11.5 Å². The van der Waals surface area contributed by atoms with Gasteiger partial charge in [-0.2, -0.15) is 0 Å². The van der Waals surface area contributed by atoms with Crippen LogP contribution >= 0.6 is 0 Å². The predicted molar refractivity (Wildman–Crippen MR) is 76.6 cm³/mol. The number of aromatic nitrogens is 3. The van der Waals surface area contributed by atoms with Crippen molar-refractivity contribution >= 4 is 11.0 Å². The van der Waals surface area contributed by atoms with E-state index in [1.165, 1.54) is 0 Å². The van der Waals surface area contributed by atoms with Gasteiger partial charge in [0.25, 0.3) is 0 Å². The van der Waals surface area contributed by atoms with E-state index in [1.54, 1.807) is 0 Å². The van der Waals surface area contributed by atoms with E-state index >= 15 is 0 Å². The molecule has 0 atom stereocenters. The van der Waals surface area contributed by atoms with Crippen molar-refractivity contribution in [2.24, 2.45) is 12.8 Å². The van der Waals surface area contributed by atoms with E-state index in [9.17, 15) is 0 Å². The van der Waals surface area contributed by atoms with Gasteiger partial charge in [0.2, 0.25) is 0 Å². The Balaban J connectivity index is 2.22. The Hall–Kier alpha value is -2.20. The first-order valence-corrected chi connectivity index (χ1v) is 6.28. The fourth-order valence-corrected chi connectivity index (χ4v) is 2.26. The Morgan fingerprint density at radius 3 is 2.74 bits per heavy atom. The number of hydrogen-bond acceptors (Lipinski definition) is 3. The summed E-state index contributed by atoms with van der Waals surface area (Å²) in [5.41, 5.74) is 10.7. The van der Waals surface area contributed by atoms with E-state index in [-0.39, 0.29) is 0 Å². The lowest BCUT2D eigenvalue weighted by Crippen LogP contribution is -1.97. The maximum Gasteiger partial charge on any atom is 0.159 e. The summed E-state index contributed by atoms with van der Waals surface area (Å²) in [7, 11) is 2.01. The summed E-state index contributed by atoms with van der Waals surface area (Å²) in [5, 5.41) is 0. The van der Waals surface area contributed by atoms with Gasteiger partial charge in [-0.1, -0.05) is 12.1 Å². The van der Waals surface area contributed by atoms with Crippen LogP contribution in [0.1, 0.15) is 11.3 Å². The summed E-state index contributed by atoms with van der Waals surface area (Å²) in [5.74, 6) is 0.882. The summed E-state index contributed by atoms with van der Waals surface area (Å²) in [6, 6.07) is 12.1. The van der Waals surface area contributed by atoms with Crippen molar-refractivity contribution in [1.82, 2.24) is 14.5 Å². The number of hydrogen-bond donors (Lipinski definition) is 1. The van der Waals surface area contributed by atoms with Crippen molar-refractivity contribution in [3.05, 3.63) is 47.7 Å². The Morgan fingerprint density at radius 2 is 2.00 bits per heavy atom. The third kappa shape index (κ3) is 2.00. The van der Waals surface area contributed by atoms with Crippen LogP contribution < -0.4 is 5.73 Å². The van der Waals surface area contributed by atoms with Gasteiger partial charge in [-0.3, -0.25) is 0 Å². The highest BCUT2D eigenvalue weighted by Crippen LogP contribution is 2.23. The average Bonchev–Trinajstić information content (AvgIpc) is 2.76. The van der Waals surface area contributed by atoms with Crippen LogP contribution in [-0.2, 0) is 13.6 Å². The van der Waals surface area contributed by atoms with Gasteiger partial charge in [0.15, 0.2) is 5.82 Å². The molecule has 0 amide bonds. The van der Waals surface area contributed by atoms with Gasteiger partial charge >= 0.3 is 0 Å². The predicted octanol–water partition coefficient (Wildman–Crippen LogP) is 2.40. The van der Waals surface area contributed by atoms with Crippen LogP contribution in [0.4, 0.5) is 0 Å². The molecule has 1 aromatic carbocycles. The van der Waals surface area contributed by atoms with Crippen LogP contribution in [0.25, 0.3) is 22.6 Å². The highest BCUT2D eigenvalue weighted by molar-refractivity contribution is 5.80. The van der Waals surface area contributed by atoms with Crippen molar-refractivity contribution < 1.29 is 0 Å². The minimum atomic E-state index is 0.541. The van der Waals surface area contributed by atoms with Crippen molar-refractivity contribution in [2.75, 3.05) is 0 Å². The number of imidazole rings is 1. The Morgan fingerprint density at radius 1 is 1.16 bits per heavy atom. The summed E-state index contributed by atoms with van der Waals surface area (Å²) >= 11 is 0. The smallest absolute Gasteiger partial charge is 0.159 e. The average molecular weight is 252 g/mol. The number of nitrogens with two attached hydrogens (primary N) is 1. The molecular weight excluding hydrogens is 236 g/mol. The molecule has 4 heteroatoms.